The van der Waals surface area contributed by atoms with E-state index >= 15 is 0 Å². The maximum Gasteiger partial charge on any atom is 0.257 e. The summed E-state index contributed by atoms with van der Waals surface area (Å²) >= 11 is 0. The Hall–Kier alpha value is -1.95. The quantitative estimate of drug-likeness (QED) is 0.747. The molecule has 0 atom stereocenters. The number of ether oxygens (including phenoxy) is 3. The summed E-state index contributed by atoms with van der Waals surface area (Å²) in [5.41, 5.74) is 6.71. The summed E-state index contributed by atoms with van der Waals surface area (Å²) in [5.74, 6) is 1.01. The number of carbonyl (C=O) groups excluding carboxylic acids is 1. The third-order valence-corrected chi connectivity index (χ3v) is 3.03. The van der Waals surface area contributed by atoms with Crippen LogP contribution in [0.2, 0.25) is 0 Å². The zero-order chi connectivity index (χ0) is 12.5. The van der Waals surface area contributed by atoms with E-state index in [2.05, 4.69) is 0 Å². The second-order valence-corrected chi connectivity index (χ2v) is 4.25. The fraction of sp³-hybridized carbons (Fsp3) is 0.417. The normalized spacial score (nSPS) is 17.9. The molecule has 0 spiro atoms. The van der Waals surface area contributed by atoms with Gasteiger partial charge in [-0.1, -0.05) is 0 Å². The van der Waals surface area contributed by atoms with E-state index < -0.39 is 0 Å². The molecule has 1 aromatic rings. The molecule has 0 radical (unpaired) electrons. The van der Waals surface area contributed by atoms with Crippen LogP contribution >= 0.6 is 0 Å². The third-order valence-electron chi connectivity index (χ3n) is 3.03. The molecule has 1 saturated heterocycles. The number of rotatable bonds is 1. The van der Waals surface area contributed by atoms with Crippen LogP contribution in [0.1, 0.15) is 16.8 Å². The van der Waals surface area contributed by atoms with E-state index in [9.17, 15) is 4.79 Å². The Morgan fingerprint density at radius 3 is 2.78 bits per heavy atom. The minimum Gasteiger partial charge on any atom is -0.454 e. The highest BCUT2D eigenvalue weighted by molar-refractivity contribution is 6.00. The minimum absolute atomic E-state index is 0.134. The molecule has 2 aliphatic rings. The lowest BCUT2D eigenvalue weighted by Crippen LogP contribution is -2.38. The first-order valence-electron chi connectivity index (χ1n) is 5.82. The molecular formula is C12H14N2O4. The lowest BCUT2D eigenvalue weighted by molar-refractivity contribution is -0.00566. The summed E-state index contributed by atoms with van der Waals surface area (Å²) in [7, 11) is 0. The van der Waals surface area contributed by atoms with Crippen molar-refractivity contribution in [1.82, 2.24) is 4.90 Å². The predicted molar refractivity (Wildman–Crippen MR) is 63.4 cm³/mol. The van der Waals surface area contributed by atoms with Gasteiger partial charge in [-0.05, 0) is 12.5 Å². The molecule has 0 unspecified atom stereocenters. The van der Waals surface area contributed by atoms with Crippen LogP contribution < -0.4 is 15.2 Å². The third kappa shape index (κ3) is 1.84. The van der Waals surface area contributed by atoms with Crippen LogP contribution in [0, 0.1) is 0 Å². The van der Waals surface area contributed by atoms with E-state index in [1.807, 2.05) is 0 Å². The molecule has 96 valence electrons. The molecule has 2 N–H and O–H groups in total. The molecule has 0 saturated carbocycles. The minimum atomic E-state index is -0.134. The van der Waals surface area contributed by atoms with Crippen molar-refractivity contribution in [3.05, 3.63) is 17.7 Å². The van der Waals surface area contributed by atoms with E-state index in [0.29, 0.717) is 42.6 Å². The summed E-state index contributed by atoms with van der Waals surface area (Å²) in [5, 5.41) is 0. The summed E-state index contributed by atoms with van der Waals surface area (Å²) in [6, 6.07) is 3.26. The number of benzene rings is 1. The Morgan fingerprint density at radius 2 is 2.06 bits per heavy atom. The molecular weight excluding hydrogens is 236 g/mol. The number of amides is 1. The topological polar surface area (TPSA) is 74.0 Å². The second-order valence-electron chi connectivity index (χ2n) is 4.25. The van der Waals surface area contributed by atoms with E-state index in [-0.39, 0.29) is 12.7 Å². The fourth-order valence-electron chi connectivity index (χ4n) is 2.07. The fourth-order valence-corrected chi connectivity index (χ4v) is 2.07. The SMILES string of the molecule is Nc1cc2c(cc1C(=O)N1CCCOC1)OCO2. The number of nitrogens with zero attached hydrogens (tertiary/aromatic N) is 1. The molecule has 6 heteroatoms. The van der Waals surface area contributed by atoms with Gasteiger partial charge in [0, 0.05) is 18.3 Å². The molecule has 2 heterocycles. The summed E-state index contributed by atoms with van der Waals surface area (Å²) in [6.45, 7) is 1.86. The van der Waals surface area contributed by atoms with Crippen LogP contribution in [-0.4, -0.2) is 37.5 Å². The molecule has 0 aliphatic carbocycles. The Kier molecular flexibility index (Phi) is 2.71. The highest BCUT2D eigenvalue weighted by Gasteiger charge is 2.24. The number of hydrogen-bond acceptors (Lipinski definition) is 5. The number of fused-ring (bicyclic) bond motifs is 1. The zero-order valence-corrected chi connectivity index (χ0v) is 9.85. The Balaban J connectivity index is 1.89. The van der Waals surface area contributed by atoms with Crippen molar-refractivity contribution in [2.45, 2.75) is 6.42 Å². The Bertz CT molecular complexity index is 483. The van der Waals surface area contributed by atoms with E-state index in [4.69, 9.17) is 19.9 Å². The summed E-state index contributed by atoms with van der Waals surface area (Å²) < 4.78 is 15.7. The maximum absolute atomic E-state index is 12.3. The van der Waals surface area contributed by atoms with Crippen LogP contribution in [0.4, 0.5) is 5.69 Å². The number of nitrogen functional groups attached to an aromatic ring is 1. The van der Waals surface area contributed by atoms with Crippen LogP contribution in [0.3, 0.4) is 0 Å². The molecule has 3 rings (SSSR count). The zero-order valence-electron chi connectivity index (χ0n) is 9.85. The van der Waals surface area contributed by atoms with Crippen molar-refractivity contribution in [1.29, 1.82) is 0 Å². The van der Waals surface area contributed by atoms with Gasteiger partial charge in [-0.2, -0.15) is 0 Å². The Morgan fingerprint density at radius 1 is 1.28 bits per heavy atom. The van der Waals surface area contributed by atoms with Gasteiger partial charge in [-0.25, -0.2) is 0 Å². The summed E-state index contributed by atoms with van der Waals surface area (Å²) in [4.78, 5) is 13.9. The average Bonchev–Trinajstić information content (AvgIpc) is 2.85. The van der Waals surface area contributed by atoms with Crippen LogP contribution in [-0.2, 0) is 4.74 Å². The first-order valence-corrected chi connectivity index (χ1v) is 5.82. The van der Waals surface area contributed by atoms with E-state index in [1.54, 1.807) is 17.0 Å². The van der Waals surface area contributed by atoms with Crippen molar-refractivity contribution >= 4 is 11.6 Å². The van der Waals surface area contributed by atoms with E-state index in [0.717, 1.165) is 6.42 Å². The van der Waals surface area contributed by atoms with Crippen molar-refractivity contribution < 1.29 is 19.0 Å². The molecule has 1 fully saturated rings. The van der Waals surface area contributed by atoms with Gasteiger partial charge < -0.3 is 24.8 Å². The molecule has 0 bridgehead atoms. The van der Waals surface area contributed by atoms with Gasteiger partial charge in [-0.3, -0.25) is 4.79 Å². The Labute approximate surface area is 104 Å². The number of hydrogen-bond donors (Lipinski definition) is 1. The van der Waals surface area contributed by atoms with Gasteiger partial charge in [-0.15, -0.1) is 0 Å². The molecule has 2 aliphatic heterocycles. The van der Waals surface area contributed by atoms with Crippen molar-refractivity contribution in [2.24, 2.45) is 0 Å². The van der Waals surface area contributed by atoms with Gasteiger partial charge in [0.15, 0.2) is 11.5 Å². The molecule has 1 aromatic carbocycles. The number of carbonyl (C=O) groups is 1. The molecule has 0 aromatic heterocycles. The lowest BCUT2D eigenvalue weighted by atomic mass is 10.1. The van der Waals surface area contributed by atoms with Gasteiger partial charge >= 0.3 is 0 Å². The molecule has 6 nitrogen and oxygen atoms in total. The number of anilines is 1. The maximum atomic E-state index is 12.3. The standard InChI is InChI=1S/C12H14N2O4/c13-9-5-11-10(17-7-18-11)4-8(9)12(15)14-2-1-3-16-6-14/h4-5H,1-3,6-7,13H2. The van der Waals surface area contributed by atoms with Crippen molar-refractivity contribution in [3.63, 3.8) is 0 Å². The van der Waals surface area contributed by atoms with Gasteiger partial charge in [0.2, 0.25) is 6.79 Å². The van der Waals surface area contributed by atoms with Crippen molar-refractivity contribution in [3.8, 4) is 11.5 Å². The smallest absolute Gasteiger partial charge is 0.257 e. The van der Waals surface area contributed by atoms with Crippen LogP contribution in [0.15, 0.2) is 12.1 Å². The van der Waals surface area contributed by atoms with Gasteiger partial charge in [0.1, 0.15) is 6.73 Å². The highest BCUT2D eigenvalue weighted by atomic mass is 16.7. The van der Waals surface area contributed by atoms with Crippen LogP contribution in [0.25, 0.3) is 0 Å². The predicted octanol–water partition coefficient (Wildman–Crippen LogP) is 0.817. The average molecular weight is 250 g/mol. The monoisotopic (exact) mass is 250 g/mol. The molecule has 1 amide bonds. The first-order chi connectivity index (χ1) is 8.75. The van der Waals surface area contributed by atoms with E-state index in [1.165, 1.54) is 0 Å². The van der Waals surface area contributed by atoms with Gasteiger partial charge in [0.05, 0.1) is 12.2 Å². The first kappa shape index (κ1) is 11.2. The highest BCUT2D eigenvalue weighted by Crippen LogP contribution is 2.36. The van der Waals surface area contributed by atoms with Crippen molar-refractivity contribution in [2.75, 3.05) is 32.4 Å². The summed E-state index contributed by atoms with van der Waals surface area (Å²) in [6.07, 6.45) is 0.843. The second kappa shape index (κ2) is 4.38. The largest absolute Gasteiger partial charge is 0.454 e. The molecule has 18 heavy (non-hydrogen) atoms. The van der Waals surface area contributed by atoms with Crippen LogP contribution in [0.5, 0.6) is 11.5 Å². The number of nitrogens with two attached hydrogens (primary N) is 1. The lowest BCUT2D eigenvalue weighted by Gasteiger charge is -2.27. The van der Waals surface area contributed by atoms with Gasteiger partial charge in [0.25, 0.3) is 5.91 Å².